The molecule has 0 saturated carbocycles. The Hall–Kier alpha value is -1.84. The van der Waals surface area contributed by atoms with E-state index in [2.05, 4.69) is 14.4 Å². The summed E-state index contributed by atoms with van der Waals surface area (Å²) in [7, 11) is -4.22. The first-order chi connectivity index (χ1) is 9.44. The van der Waals surface area contributed by atoms with Gasteiger partial charge < -0.3 is 10.3 Å². The quantitative estimate of drug-likeness (QED) is 0.854. The van der Waals surface area contributed by atoms with Crippen molar-refractivity contribution in [2.24, 2.45) is 5.73 Å². The number of hydrogen-bond donors (Lipinski definition) is 2. The maximum absolute atomic E-state index is 13.6. The highest BCUT2D eigenvalue weighted by atomic mass is 32.2. The van der Waals surface area contributed by atoms with Gasteiger partial charge in [0.2, 0.25) is 10.0 Å². The fourth-order valence-corrected chi connectivity index (χ4v) is 2.64. The highest BCUT2D eigenvalue weighted by Gasteiger charge is 2.23. The lowest BCUT2D eigenvalue weighted by Gasteiger charge is -2.08. The number of nitrogens with zero attached hydrogens (tertiary/aromatic N) is 1. The summed E-state index contributed by atoms with van der Waals surface area (Å²) in [6.45, 7) is -0.310. The zero-order valence-corrected chi connectivity index (χ0v) is 11.0. The van der Waals surface area contributed by atoms with Crippen molar-refractivity contribution in [3.05, 3.63) is 47.4 Å². The molecule has 1 aromatic carbocycles. The topological polar surface area (TPSA) is 98.2 Å². The molecule has 0 saturated heterocycles. The number of aromatic nitrogens is 1. The summed E-state index contributed by atoms with van der Waals surface area (Å²) in [6.07, 6.45) is 1.26. The van der Waals surface area contributed by atoms with Gasteiger partial charge >= 0.3 is 0 Å². The van der Waals surface area contributed by atoms with Gasteiger partial charge in [0, 0.05) is 12.6 Å². The van der Waals surface area contributed by atoms with Crippen LogP contribution in [0.4, 0.5) is 8.78 Å². The molecule has 20 heavy (non-hydrogen) atoms. The largest absolute Gasteiger partial charge is 0.364 e. The fourth-order valence-electron chi connectivity index (χ4n) is 1.51. The van der Waals surface area contributed by atoms with Crippen molar-refractivity contribution in [1.29, 1.82) is 0 Å². The molecule has 2 rings (SSSR count). The molecule has 0 unspecified atom stereocenters. The van der Waals surface area contributed by atoms with E-state index in [4.69, 9.17) is 5.73 Å². The summed E-state index contributed by atoms with van der Waals surface area (Å²) in [4.78, 5) is -0.790. The Balaban J connectivity index is 2.31. The van der Waals surface area contributed by atoms with Gasteiger partial charge in [-0.05, 0) is 17.7 Å². The van der Waals surface area contributed by atoms with Gasteiger partial charge in [0.25, 0.3) is 0 Å². The highest BCUT2D eigenvalue weighted by molar-refractivity contribution is 7.89. The normalized spacial score (nSPS) is 11.8. The van der Waals surface area contributed by atoms with E-state index in [-0.39, 0.29) is 18.7 Å². The Kier molecular flexibility index (Phi) is 4.12. The van der Waals surface area contributed by atoms with E-state index in [1.165, 1.54) is 12.3 Å². The first-order valence-corrected chi connectivity index (χ1v) is 6.99. The van der Waals surface area contributed by atoms with Crippen LogP contribution in [0.3, 0.4) is 0 Å². The van der Waals surface area contributed by atoms with Crippen LogP contribution in [0.5, 0.6) is 0 Å². The van der Waals surface area contributed by atoms with Crippen molar-refractivity contribution in [3.63, 3.8) is 0 Å². The third-order valence-electron chi connectivity index (χ3n) is 2.51. The molecule has 0 bridgehead atoms. The molecule has 9 heteroatoms. The molecule has 0 radical (unpaired) electrons. The Bertz CT molecular complexity index is 702. The molecule has 2 aromatic rings. The molecular weight excluding hydrogens is 292 g/mol. The van der Waals surface area contributed by atoms with Crippen LogP contribution in [0.1, 0.15) is 11.3 Å². The Labute approximate surface area is 113 Å². The predicted molar refractivity (Wildman–Crippen MR) is 64.8 cm³/mol. The van der Waals surface area contributed by atoms with E-state index >= 15 is 0 Å². The molecule has 0 aliphatic rings. The maximum atomic E-state index is 13.6. The van der Waals surface area contributed by atoms with E-state index in [9.17, 15) is 17.2 Å². The molecule has 0 atom stereocenters. The molecule has 3 N–H and O–H groups in total. The van der Waals surface area contributed by atoms with Crippen LogP contribution >= 0.6 is 0 Å². The van der Waals surface area contributed by atoms with Crippen LogP contribution in [-0.2, 0) is 23.1 Å². The number of nitrogens with two attached hydrogens (primary N) is 1. The Morgan fingerprint density at radius 3 is 2.70 bits per heavy atom. The summed E-state index contributed by atoms with van der Waals surface area (Å²) in [5.74, 6) is -2.72. The summed E-state index contributed by atoms with van der Waals surface area (Å²) in [5, 5.41) is 3.50. The molecule has 0 aliphatic heterocycles. The lowest BCUT2D eigenvalue weighted by atomic mass is 10.2. The predicted octanol–water partition coefficient (Wildman–Crippen LogP) is 0.890. The van der Waals surface area contributed by atoms with Gasteiger partial charge in [0.05, 0.1) is 12.2 Å². The average molecular weight is 303 g/mol. The zero-order chi connectivity index (χ0) is 14.8. The van der Waals surface area contributed by atoms with Gasteiger partial charge in [0.1, 0.15) is 11.2 Å². The number of hydrogen-bond acceptors (Lipinski definition) is 5. The maximum Gasteiger partial charge on any atom is 0.243 e. The van der Waals surface area contributed by atoms with E-state index in [1.54, 1.807) is 0 Å². The second-order valence-electron chi connectivity index (χ2n) is 3.91. The van der Waals surface area contributed by atoms with Crippen LogP contribution in [-0.4, -0.2) is 13.6 Å². The van der Waals surface area contributed by atoms with Crippen LogP contribution in [0.15, 0.2) is 33.9 Å². The highest BCUT2D eigenvalue weighted by Crippen LogP contribution is 2.19. The first kappa shape index (κ1) is 14.6. The van der Waals surface area contributed by atoms with E-state index in [1.807, 2.05) is 0 Å². The van der Waals surface area contributed by atoms with Crippen molar-refractivity contribution in [3.8, 4) is 0 Å². The second-order valence-corrected chi connectivity index (χ2v) is 5.64. The number of nitrogens with one attached hydrogen (secondary N) is 1. The second kappa shape index (κ2) is 5.65. The molecule has 0 amide bonds. The molecule has 0 fully saturated rings. The standard InChI is InChI=1S/C11H11F2N3O3S/c12-9-3-7(5-14)4-10(11(9)13)20(17,18)15-6-8-1-2-19-16-8/h1-4,15H,5-6,14H2. The van der Waals surface area contributed by atoms with Gasteiger partial charge in [-0.3, -0.25) is 0 Å². The Morgan fingerprint density at radius 2 is 2.10 bits per heavy atom. The summed E-state index contributed by atoms with van der Waals surface area (Å²) >= 11 is 0. The number of rotatable bonds is 5. The van der Waals surface area contributed by atoms with Gasteiger partial charge in [-0.25, -0.2) is 21.9 Å². The fraction of sp³-hybridized carbons (Fsp3) is 0.182. The molecule has 0 spiro atoms. The monoisotopic (exact) mass is 303 g/mol. The SMILES string of the molecule is NCc1cc(F)c(F)c(S(=O)(=O)NCc2ccon2)c1. The van der Waals surface area contributed by atoms with Crippen molar-refractivity contribution in [2.45, 2.75) is 18.0 Å². The molecule has 6 nitrogen and oxygen atoms in total. The minimum Gasteiger partial charge on any atom is -0.364 e. The van der Waals surface area contributed by atoms with E-state index < -0.39 is 26.6 Å². The number of halogens is 2. The van der Waals surface area contributed by atoms with Gasteiger partial charge in [-0.1, -0.05) is 5.16 Å². The van der Waals surface area contributed by atoms with Crippen molar-refractivity contribution in [2.75, 3.05) is 0 Å². The molecular formula is C11H11F2N3O3S. The summed E-state index contributed by atoms with van der Waals surface area (Å²) < 4.78 is 57.5. The van der Waals surface area contributed by atoms with Crippen LogP contribution in [0, 0.1) is 11.6 Å². The van der Waals surface area contributed by atoms with Gasteiger partial charge in [0.15, 0.2) is 11.6 Å². The average Bonchev–Trinajstić information content (AvgIpc) is 2.92. The van der Waals surface area contributed by atoms with Crippen LogP contribution in [0.2, 0.25) is 0 Å². The first-order valence-electron chi connectivity index (χ1n) is 5.51. The number of sulfonamides is 1. The van der Waals surface area contributed by atoms with Crippen LogP contribution in [0.25, 0.3) is 0 Å². The van der Waals surface area contributed by atoms with Gasteiger partial charge in [-0.15, -0.1) is 0 Å². The lowest BCUT2D eigenvalue weighted by molar-refractivity contribution is 0.410. The van der Waals surface area contributed by atoms with E-state index in [0.717, 1.165) is 12.1 Å². The number of benzene rings is 1. The third kappa shape index (κ3) is 3.00. The summed E-state index contributed by atoms with van der Waals surface area (Å²) in [5.41, 5.74) is 5.79. The molecule has 1 aromatic heterocycles. The molecule has 108 valence electrons. The minimum absolute atomic E-state index is 0.108. The van der Waals surface area contributed by atoms with Crippen molar-refractivity contribution in [1.82, 2.24) is 9.88 Å². The smallest absolute Gasteiger partial charge is 0.243 e. The van der Waals surface area contributed by atoms with Crippen molar-refractivity contribution < 1.29 is 21.7 Å². The van der Waals surface area contributed by atoms with Gasteiger partial charge in [-0.2, -0.15) is 0 Å². The lowest BCUT2D eigenvalue weighted by Crippen LogP contribution is -2.25. The van der Waals surface area contributed by atoms with Crippen molar-refractivity contribution >= 4 is 10.0 Å². The summed E-state index contributed by atoms with van der Waals surface area (Å²) in [6, 6.07) is 3.28. The van der Waals surface area contributed by atoms with Crippen LogP contribution < -0.4 is 10.5 Å². The van der Waals surface area contributed by atoms with E-state index in [0.29, 0.717) is 5.69 Å². The minimum atomic E-state index is -4.22. The molecule has 1 heterocycles. The Morgan fingerprint density at radius 1 is 1.35 bits per heavy atom. The third-order valence-corrected chi connectivity index (χ3v) is 3.91. The zero-order valence-electron chi connectivity index (χ0n) is 10.1. The molecule has 0 aliphatic carbocycles.